The maximum Gasteiger partial charge on any atom is 0.265 e. The van der Waals surface area contributed by atoms with Crippen LogP contribution in [-0.4, -0.2) is 53.2 Å². The fourth-order valence-electron chi connectivity index (χ4n) is 3.79. The van der Waals surface area contributed by atoms with Crippen LogP contribution in [0, 0.1) is 0 Å². The van der Waals surface area contributed by atoms with E-state index in [4.69, 9.17) is 9.15 Å². The van der Waals surface area contributed by atoms with Gasteiger partial charge in [-0.1, -0.05) is 49.9 Å². The van der Waals surface area contributed by atoms with Gasteiger partial charge in [-0.05, 0) is 37.1 Å². The number of anilines is 1. The van der Waals surface area contributed by atoms with Crippen molar-refractivity contribution in [3.63, 3.8) is 0 Å². The standard InChI is InChI=1S/C24H27N3O4S/c1-3-13-26(14-4-2)23(29)21-15-27(18-10-6-8-12-20(18)30-21)22(28)16-32-24-25-17-9-5-7-11-19(17)31-24/h5-12,21H,3-4,13-16H2,1-2H3. The molecule has 2 aromatic carbocycles. The Balaban J connectivity index is 1.50. The van der Waals surface area contributed by atoms with Gasteiger partial charge in [-0.3, -0.25) is 9.59 Å². The molecule has 0 aliphatic carbocycles. The summed E-state index contributed by atoms with van der Waals surface area (Å²) in [4.78, 5) is 34.3. The zero-order valence-corrected chi connectivity index (χ0v) is 19.1. The maximum atomic E-state index is 13.2. The maximum absolute atomic E-state index is 13.2. The zero-order valence-electron chi connectivity index (χ0n) is 18.3. The monoisotopic (exact) mass is 453 g/mol. The molecule has 1 unspecified atom stereocenters. The summed E-state index contributed by atoms with van der Waals surface area (Å²) >= 11 is 1.25. The first-order valence-corrected chi connectivity index (χ1v) is 11.9. The highest BCUT2D eigenvalue weighted by Gasteiger charge is 2.35. The van der Waals surface area contributed by atoms with Crippen molar-refractivity contribution in [1.82, 2.24) is 9.88 Å². The molecule has 2 amide bonds. The van der Waals surface area contributed by atoms with Crippen LogP contribution in [0.3, 0.4) is 0 Å². The van der Waals surface area contributed by atoms with Crippen LogP contribution >= 0.6 is 11.8 Å². The number of carbonyl (C=O) groups is 2. The van der Waals surface area contributed by atoms with Gasteiger partial charge in [-0.2, -0.15) is 0 Å². The Bertz CT molecular complexity index is 1060. The van der Waals surface area contributed by atoms with Gasteiger partial charge in [0, 0.05) is 13.1 Å². The lowest BCUT2D eigenvalue weighted by Crippen LogP contribution is -2.52. The van der Waals surface area contributed by atoms with Crippen molar-refractivity contribution in [3.05, 3.63) is 48.5 Å². The number of carbonyl (C=O) groups excluding carboxylic acids is 2. The van der Waals surface area contributed by atoms with Crippen molar-refractivity contribution < 1.29 is 18.7 Å². The molecule has 1 aromatic heterocycles. The second kappa shape index (κ2) is 10.1. The van der Waals surface area contributed by atoms with Gasteiger partial charge in [0.2, 0.25) is 5.91 Å². The molecule has 4 rings (SSSR count). The first kappa shape index (κ1) is 22.2. The van der Waals surface area contributed by atoms with Gasteiger partial charge in [-0.15, -0.1) is 0 Å². The minimum Gasteiger partial charge on any atom is -0.476 e. The number of hydrogen-bond acceptors (Lipinski definition) is 6. The number of hydrogen-bond donors (Lipinski definition) is 0. The van der Waals surface area contributed by atoms with E-state index in [9.17, 15) is 9.59 Å². The van der Waals surface area contributed by atoms with E-state index in [-0.39, 0.29) is 24.1 Å². The number of thioether (sulfide) groups is 1. The molecule has 2 heterocycles. The Hall–Kier alpha value is -3.00. The number of amides is 2. The van der Waals surface area contributed by atoms with Crippen LogP contribution in [0.4, 0.5) is 5.69 Å². The van der Waals surface area contributed by atoms with Crippen LogP contribution in [0.5, 0.6) is 5.75 Å². The molecular formula is C24H27N3O4S. The van der Waals surface area contributed by atoms with Gasteiger partial charge in [0.1, 0.15) is 11.3 Å². The Morgan fingerprint density at radius 3 is 2.56 bits per heavy atom. The molecule has 7 nitrogen and oxygen atoms in total. The van der Waals surface area contributed by atoms with Crippen LogP contribution < -0.4 is 9.64 Å². The first-order valence-electron chi connectivity index (χ1n) is 10.9. The van der Waals surface area contributed by atoms with E-state index in [1.54, 1.807) is 11.0 Å². The predicted molar refractivity (Wildman–Crippen MR) is 125 cm³/mol. The third-order valence-corrected chi connectivity index (χ3v) is 6.06. The van der Waals surface area contributed by atoms with Gasteiger partial charge in [-0.25, -0.2) is 4.98 Å². The summed E-state index contributed by atoms with van der Waals surface area (Å²) < 4.78 is 11.7. The van der Waals surface area contributed by atoms with Crippen LogP contribution in [0.2, 0.25) is 0 Å². The number of rotatable bonds is 8. The van der Waals surface area contributed by atoms with Crippen LogP contribution in [0.15, 0.2) is 58.2 Å². The molecule has 0 fully saturated rings. The predicted octanol–water partition coefficient (Wildman–Crippen LogP) is 4.36. The lowest BCUT2D eigenvalue weighted by atomic mass is 10.1. The largest absolute Gasteiger partial charge is 0.476 e. The van der Waals surface area contributed by atoms with Gasteiger partial charge in [0.25, 0.3) is 11.1 Å². The zero-order chi connectivity index (χ0) is 22.5. The Kier molecular flexibility index (Phi) is 6.99. The van der Waals surface area contributed by atoms with E-state index in [1.165, 1.54) is 11.8 Å². The molecule has 0 saturated carbocycles. The highest BCUT2D eigenvalue weighted by Crippen LogP contribution is 2.34. The Morgan fingerprint density at radius 1 is 1.09 bits per heavy atom. The molecule has 32 heavy (non-hydrogen) atoms. The van der Waals surface area contributed by atoms with Gasteiger partial charge in [0.15, 0.2) is 11.7 Å². The summed E-state index contributed by atoms with van der Waals surface area (Å²) in [5, 5.41) is 0.450. The molecule has 0 N–H and O–H groups in total. The molecule has 0 saturated heterocycles. The van der Waals surface area contributed by atoms with E-state index < -0.39 is 6.10 Å². The van der Waals surface area contributed by atoms with Crippen molar-refractivity contribution in [2.45, 2.75) is 38.0 Å². The number of benzene rings is 2. The highest BCUT2D eigenvalue weighted by atomic mass is 32.2. The fraction of sp³-hybridized carbons (Fsp3) is 0.375. The molecular weight excluding hydrogens is 426 g/mol. The second-order valence-electron chi connectivity index (χ2n) is 7.64. The topological polar surface area (TPSA) is 75.9 Å². The van der Waals surface area contributed by atoms with Crippen LogP contribution in [0.1, 0.15) is 26.7 Å². The smallest absolute Gasteiger partial charge is 0.265 e. The lowest BCUT2D eigenvalue weighted by molar-refractivity contribution is -0.138. The van der Waals surface area contributed by atoms with Gasteiger partial charge in [0.05, 0.1) is 18.0 Å². The Morgan fingerprint density at radius 2 is 1.81 bits per heavy atom. The molecule has 1 atom stereocenters. The molecule has 168 valence electrons. The summed E-state index contributed by atoms with van der Waals surface area (Å²) in [6.07, 6.45) is 1.03. The first-order chi connectivity index (χ1) is 15.6. The summed E-state index contributed by atoms with van der Waals surface area (Å²) in [6, 6.07) is 14.8. The van der Waals surface area contributed by atoms with Crippen molar-refractivity contribution in [2.75, 3.05) is 30.3 Å². The number of nitrogens with zero attached hydrogens (tertiary/aromatic N) is 3. The minimum atomic E-state index is -0.721. The number of aromatic nitrogens is 1. The van der Waals surface area contributed by atoms with E-state index in [0.717, 1.165) is 18.4 Å². The van der Waals surface area contributed by atoms with E-state index in [1.807, 2.05) is 61.2 Å². The molecule has 8 heteroatoms. The van der Waals surface area contributed by atoms with Crippen LogP contribution in [-0.2, 0) is 9.59 Å². The van der Waals surface area contributed by atoms with Crippen molar-refractivity contribution in [3.8, 4) is 5.75 Å². The average molecular weight is 454 g/mol. The second-order valence-corrected chi connectivity index (χ2v) is 8.57. The van der Waals surface area contributed by atoms with Crippen molar-refractivity contribution in [1.29, 1.82) is 0 Å². The minimum absolute atomic E-state index is 0.0763. The lowest BCUT2D eigenvalue weighted by Gasteiger charge is -2.36. The third-order valence-electron chi connectivity index (χ3n) is 5.24. The molecule has 0 radical (unpaired) electrons. The van der Waals surface area contributed by atoms with Gasteiger partial charge >= 0.3 is 0 Å². The Labute approximate surface area is 191 Å². The number of fused-ring (bicyclic) bond motifs is 2. The number of ether oxygens (including phenoxy) is 1. The van der Waals surface area contributed by atoms with Crippen molar-refractivity contribution >= 4 is 40.4 Å². The molecule has 0 spiro atoms. The average Bonchev–Trinajstić information content (AvgIpc) is 3.24. The molecule has 0 bridgehead atoms. The van der Waals surface area contributed by atoms with Gasteiger partial charge < -0.3 is 19.0 Å². The normalized spacial score (nSPS) is 15.3. The van der Waals surface area contributed by atoms with E-state index in [0.29, 0.717) is 35.3 Å². The highest BCUT2D eigenvalue weighted by molar-refractivity contribution is 7.99. The third kappa shape index (κ3) is 4.75. The SMILES string of the molecule is CCCN(CCC)C(=O)C1CN(C(=O)CSc2nc3ccccc3o2)c2ccccc2O1. The van der Waals surface area contributed by atoms with E-state index in [2.05, 4.69) is 4.98 Å². The molecule has 1 aliphatic heterocycles. The fourth-order valence-corrected chi connectivity index (χ4v) is 4.50. The van der Waals surface area contributed by atoms with Crippen molar-refractivity contribution in [2.24, 2.45) is 0 Å². The number of para-hydroxylation sites is 4. The summed E-state index contributed by atoms with van der Waals surface area (Å²) in [5.41, 5.74) is 2.13. The molecule has 3 aromatic rings. The number of oxazole rings is 1. The summed E-state index contributed by atoms with van der Waals surface area (Å²) in [7, 11) is 0. The quantitative estimate of drug-likeness (QED) is 0.472. The van der Waals surface area contributed by atoms with E-state index >= 15 is 0 Å². The molecule has 1 aliphatic rings. The summed E-state index contributed by atoms with van der Waals surface area (Å²) in [5.74, 6) is 0.497. The summed E-state index contributed by atoms with van der Waals surface area (Å²) in [6.45, 7) is 5.64. The van der Waals surface area contributed by atoms with Crippen LogP contribution in [0.25, 0.3) is 11.1 Å².